The highest BCUT2D eigenvalue weighted by Crippen LogP contribution is 2.27. The van der Waals surface area contributed by atoms with E-state index >= 15 is 0 Å². The van der Waals surface area contributed by atoms with E-state index in [2.05, 4.69) is 27.3 Å². The van der Waals surface area contributed by atoms with Gasteiger partial charge in [-0.1, -0.05) is 11.8 Å². The fourth-order valence-electron chi connectivity index (χ4n) is 2.38. The van der Waals surface area contributed by atoms with Crippen LogP contribution in [0.2, 0.25) is 0 Å². The second-order valence-corrected chi connectivity index (χ2v) is 5.86. The van der Waals surface area contributed by atoms with Gasteiger partial charge in [0.05, 0.1) is 26.4 Å². The van der Waals surface area contributed by atoms with Gasteiger partial charge in [0.1, 0.15) is 6.10 Å². The van der Waals surface area contributed by atoms with Crippen molar-refractivity contribution in [2.45, 2.75) is 25.5 Å². The van der Waals surface area contributed by atoms with Crippen molar-refractivity contribution in [2.24, 2.45) is 5.92 Å². The number of benzene rings is 1. The molecule has 1 aromatic carbocycles. The van der Waals surface area contributed by atoms with Crippen LogP contribution in [-0.2, 0) is 16.0 Å². The summed E-state index contributed by atoms with van der Waals surface area (Å²) < 4.78 is 11.0. The molecule has 1 aliphatic carbocycles. The first-order valence-corrected chi connectivity index (χ1v) is 7.96. The van der Waals surface area contributed by atoms with Gasteiger partial charge >= 0.3 is 0 Å². The summed E-state index contributed by atoms with van der Waals surface area (Å²) in [5.74, 6) is 7.69. The number of hydrogen-bond donors (Lipinski definition) is 0. The molecule has 6 nitrogen and oxygen atoms in total. The van der Waals surface area contributed by atoms with Crippen LogP contribution in [0.5, 0.6) is 0 Å². The van der Waals surface area contributed by atoms with Crippen molar-refractivity contribution in [3.8, 4) is 23.2 Å². The first kappa shape index (κ1) is 14.4. The van der Waals surface area contributed by atoms with E-state index in [1.807, 2.05) is 24.3 Å². The molecule has 1 aliphatic heterocycles. The first-order valence-electron chi connectivity index (χ1n) is 7.96. The molecule has 0 radical (unpaired) electrons. The van der Waals surface area contributed by atoms with Crippen molar-refractivity contribution in [2.75, 3.05) is 19.8 Å². The molecular formula is C17H18N4O2. The van der Waals surface area contributed by atoms with Crippen molar-refractivity contribution in [3.63, 3.8) is 0 Å². The van der Waals surface area contributed by atoms with E-state index in [9.17, 15) is 0 Å². The zero-order valence-electron chi connectivity index (χ0n) is 12.8. The number of rotatable bonds is 3. The van der Waals surface area contributed by atoms with Gasteiger partial charge in [-0.3, -0.25) is 0 Å². The minimum atomic E-state index is -0.00845. The Kier molecular flexibility index (Phi) is 4.05. The van der Waals surface area contributed by atoms with Gasteiger partial charge in [-0.15, -0.1) is 10.2 Å². The molecule has 23 heavy (non-hydrogen) atoms. The maximum absolute atomic E-state index is 5.59. The van der Waals surface area contributed by atoms with Crippen LogP contribution in [-0.4, -0.2) is 46.1 Å². The highest BCUT2D eigenvalue weighted by atomic mass is 16.6. The SMILES string of the molecule is C(#CC1CC1)c1ccc(-c2nnn(CC3COCCO3)n2)cc1. The van der Waals surface area contributed by atoms with E-state index in [0.717, 1.165) is 11.1 Å². The zero-order valence-corrected chi connectivity index (χ0v) is 12.8. The number of ether oxygens (including phenoxy) is 2. The summed E-state index contributed by atoms with van der Waals surface area (Å²) in [6, 6.07) is 7.98. The summed E-state index contributed by atoms with van der Waals surface area (Å²) in [5, 5.41) is 12.6. The second-order valence-electron chi connectivity index (χ2n) is 5.86. The minimum Gasteiger partial charge on any atom is -0.376 e. The van der Waals surface area contributed by atoms with E-state index < -0.39 is 0 Å². The quantitative estimate of drug-likeness (QED) is 0.804. The largest absolute Gasteiger partial charge is 0.376 e. The monoisotopic (exact) mass is 310 g/mol. The normalized spacial score (nSPS) is 20.8. The lowest BCUT2D eigenvalue weighted by Crippen LogP contribution is -2.32. The highest BCUT2D eigenvalue weighted by Gasteiger charge is 2.18. The number of tetrazole rings is 1. The van der Waals surface area contributed by atoms with Crippen LogP contribution in [0.15, 0.2) is 24.3 Å². The molecule has 2 aliphatic rings. The molecule has 1 unspecified atom stereocenters. The number of aromatic nitrogens is 4. The lowest BCUT2D eigenvalue weighted by Gasteiger charge is -2.21. The molecule has 1 saturated carbocycles. The zero-order chi connectivity index (χ0) is 15.5. The van der Waals surface area contributed by atoms with Gasteiger partial charge in [0, 0.05) is 17.0 Å². The molecule has 1 aromatic heterocycles. The molecule has 2 fully saturated rings. The topological polar surface area (TPSA) is 62.1 Å². The van der Waals surface area contributed by atoms with E-state index in [0.29, 0.717) is 38.1 Å². The van der Waals surface area contributed by atoms with Crippen molar-refractivity contribution in [1.29, 1.82) is 0 Å². The molecule has 6 heteroatoms. The van der Waals surface area contributed by atoms with Gasteiger partial charge in [-0.2, -0.15) is 4.80 Å². The van der Waals surface area contributed by atoms with Crippen molar-refractivity contribution >= 4 is 0 Å². The van der Waals surface area contributed by atoms with Crippen LogP contribution in [0.1, 0.15) is 18.4 Å². The summed E-state index contributed by atoms with van der Waals surface area (Å²) >= 11 is 0. The molecule has 2 aromatic rings. The van der Waals surface area contributed by atoms with Gasteiger partial charge in [0.2, 0.25) is 5.82 Å². The fraction of sp³-hybridized carbons (Fsp3) is 0.471. The Labute approximate surface area is 134 Å². The summed E-state index contributed by atoms with van der Waals surface area (Å²) in [7, 11) is 0. The average Bonchev–Trinajstić information content (AvgIpc) is 3.32. The highest BCUT2D eigenvalue weighted by molar-refractivity contribution is 5.55. The van der Waals surface area contributed by atoms with Crippen LogP contribution in [0, 0.1) is 17.8 Å². The summed E-state index contributed by atoms with van der Waals surface area (Å²) in [4.78, 5) is 1.56. The third-order valence-corrected chi connectivity index (χ3v) is 3.85. The predicted molar refractivity (Wildman–Crippen MR) is 83.4 cm³/mol. The summed E-state index contributed by atoms with van der Waals surface area (Å²) in [6.07, 6.45) is 2.48. The Balaban J connectivity index is 1.42. The first-order chi connectivity index (χ1) is 11.4. The van der Waals surface area contributed by atoms with Gasteiger partial charge < -0.3 is 9.47 Å². The lowest BCUT2D eigenvalue weighted by atomic mass is 10.1. The van der Waals surface area contributed by atoms with Gasteiger partial charge in [-0.05, 0) is 42.3 Å². The van der Waals surface area contributed by atoms with Crippen LogP contribution in [0.3, 0.4) is 0 Å². The molecule has 0 spiro atoms. The molecule has 2 heterocycles. The summed E-state index contributed by atoms with van der Waals surface area (Å²) in [5.41, 5.74) is 1.97. The maximum atomic E-state index is 5.59. The van der Waals surface area contributed by atoms with Gasteiger partial charge in [0.25, 0.3) is 0 Å². The van der Waals surface area contributed by atoms with Crippen molar-refractivity contribution in [1.82, 2.24) is 20.2 Å². The Hall–Kier alpha value is -2.23. The standard InChI is InChI=1S/C17H18N4O2/c1-2-13(1)3-4-14-5-7-15(8-6-14)17-18-20-21(19-17)11-16-12-22-9-10-23-16/h5-8,13,16H,1-2,9-12H2. The number of nitrogens with zero attached hydrogens (tertiary/aromatic N) is 4. The predicted octanol–water partition coefficient (Wildman–Crippen LogP) is 1.52. The van der Waals surface area contributed by atoms with Gasteiger partial charge in [0.15, 0.2) is 0 Å². The molecule has 1 saturated heterocycles. The third kappa shape index (κ3) is 3.76. The fourth-order valence-corrected chi connectivity index (χ4v) is 2.38. The Morgan fingerprint density at radius 1 is 1.17 bits per heavy atom. The Bertz CT molecular complexity index is 719. The lowest BCUT2D eigenvalue weighted by molar-refractivity contribution is -0.0959. The number of hydrogen-bond acceptors (Lipinski definition) is 5. The molecular weight excluding hydrogens is 292 g/mol. The smallest absolute Gasteiger partial charge is 0.204 e. The van der Waals surface area contributed by atoms with E-state index in [1.54, 1.807) is 4.80 Å². The maximum Gasteiger partial charge on any atom is 0.204 e. The van der Waals surface area contributed by atoms with Crippen LogP contribution in [0.4, 0.5) is 0 Å². The third-order valence-electron chi connectivity index (χ3n) is 3.85. The van der Waals surface area contributed by atoms with E-state index in [1.165, 1.54) is 12.8 Å². The van der Waals surface area contributed by atoms with E-state index in [4.69, 9.17) is 9.47 Å². The molecule has 1 atom stereocenters. The molecule has 4 rings (SSSR count). The summed E-state index contributed by atoms with van der Waals surface area (Å²) in [6.45, 7) is 2.40. The molecule has 0 amide bonds. The van der Waals surface area contributed by atoms with Crippen molar-refractivity contribution in [3.05, 3.63) is 29.8 Å². The van der Waals surface area contributed by atoms with Gasteiger partial charge in [-0.25, -0.2) is 0 Å². The molecule has 0 bridgehead atoms. The molecule has 0 N–H and O–H groups in total. The molecule has 118 valence electrons. The van der Waals surface area contributed by atoms with Crippen LogP contribution in [0.25, 0.3) is 11.4 Å². The van der Waals surface area contributed by atoms with E-state index in [-0.39, 0.29) is 6.10 Å². The van der Waals surface area contributed by atoms with Crippen molar-refractivity contribution < 1.29 is 9.47 Å². The van der Waals surface area contributed by atoms with Crippen LogP contribution >= 0.6 is 0 Å². The Morgan fingerprint density at radius 2 is 2.04 bits per heavy atom. The second kappa shape index (κ2) is 6.49. The average molecular weight is 310 g/mol. The Morgan fingerprint density at radius 3 is 2.78 bits per heavy atom. The van der Waals surface area contributed by atoms with Crippen LogP contribution < -0.4 is 0 Å². The minimum absolute atomic E-state index is 0.00845.